The highest BCUT2D eigenvalue weighted by atomic mass is 32.1. The Labute approximate surface area is 70.4 Å². The van der Waals surface area contributed by atoms with E-state index in [2.05, 4.69) is 22.5 Å². The largest absolute Gasteiger partial charge is 0.481 e. The molecule has 1 aromatic rings. The second-order valence-corrected chi connectivity index (χ2v) is 2.09. The number of hydrogen-bond donors (Lipinski definition) is 1. The second-order valence-electron chi connectivity index (χ2n) is 1.85. The van der Waals surface area contributed by atoms with Crippen molar-refractivity contribution in [2.45, 2.75) is 0 Å². The number of hydrogen-bond acceptors (Lipinski definition) is 3. The zero-order chi connectivity index (χ0) is 8.10. The molecule has 1 aromatic heterocycles. The van der Waals surface area contributed by atoms with Crippen molar-refractivity contribution in [3.05, 3.63) is 18.3 Å². The fourth-order valence-corrected chi connectivity index (χ4v) is 0.791. The number of methoxy groups -OCH3 is 1. The molecule has 0 aliphatic rings. The first kappa shape index (κ1) is 7.94. The Morgan fingerprint density at radius 2 is 2.45 bits per heavy atom. The molecule has 0 atom stereocenters. The van der Waals surface area contributed by atoms with E-state index in [1.165, 1.54) is 5.49 Å². The molecule has 0 bridgehead atoms. The molecule has 1 rings (SSSR count). The van der Waals surface area contributed by atoms with E-state index in [1.54, 1.807) is 19.4 Å². The molecule has 0 spiro atoms. The lowest BCUT2D eigenvalue weighted by atomic mass is 10.4. The van der Waals surface area contributed by atoms with Crippen molar-refractivity contribution in [2.75, 3.05) is 12.4 Å². The lowest BCUT2D eigenvalue weighted by Gasteiger charge is -1.99. The molecular formula is C7H8N2OS. The standard InChI is InChI=1S/C7H8N2OS/c1-10-7-3-2-6(4-8-7)9-5-11/h2-5H,1H3,(H,9,11). The van der Waals surface area contributed by atoms with Crippen LogP contribution in [0.4, 0.5) is 5.69 Å². The average Bonchev–Trinajstić information content (AvgIpc) is 2.07. The molecule has 11 heavy (non-hydrogen) atoms. The number of ether oxygens (including phenoxy) is 1. The summed E-state index contributed by atoms with van der Waals surface area (Å²) in [5, 5.41) is 2.83. The van der Waals surface area contributed by atoms with E-state index < -0.39 is 0 Å². The lowest BCUT2D eigenvalue weighted by molar-refractivity contribution is 0.398. The monoisotopic (exact) mass is 168 g/mol. The number of nitrogens with zero attached hydrogens (tertiary/aromatic N) is 1. The SMILES string of the molecule is COc1ccc(NC=S)cn1. The first-order valence-electron chi connectivity index (χ1n) is 3.07. The number of pyridine rings is 1. The predicted molar refractivity (Wildman–Crippen MR) is 48.1 cm³/mol. The minimum Gasteiger partial charge on any atom is -0.481 e. The van der Waals surface area contributed by atoms with Gasteiger partial charge in [0.2, 0.25) is 5.88 Å². The Kier molecular flexibility index (Phi) is 2.80. The first-order valence-corrected chi connectivity index (χ1v) is 3.54. The summed E-state index contributed by atoms with van der Waals surface area (Å²) in [4.78, 5) is 3.96. The molecule has 1 heterocycles. The molecule has 0 radical (unpaired) electrons. The van der Waals surface area contributed by atoms with Crippen molar-refractivity contribution in [1.82, 2.24) is 4.98 Å². The minimum atomic E-state index is 0.597. The van der Waals surface area contributed by atoms with Crippen LogP contribution in [0.1, 0.15) is 0 Å². The molecule has 0 fully saturated rings. The van der Waals surface area contributed by atoms with Crippen LogP contribution in [0.2, 0.25) is 0 Å². The normalized spacial score (nSPS) is 8.82. The Hall–Kier alpha value is -1.16. The van der Waals surface area contributed by atoms with Gasteiger partial charge in [-0.25, -0.2) is 4.98 Å². The molecule has 4 heteroatoms. The van der Waals surface area contributed by atoms with Crippen molar-refractivity contribution in [1.29, 1.82) is 0 Å². The maximum absolute atomic E-state index is 4.87. The molecule has 0 aliphatic carbocycles. The van der Waals surface area contributed by atoms with Crippen LogP contribution in [0.3, 0.4) is 0 Å². The van der Waals surface area contributed by atoms with Crippen LogP contribution >= 0.6 is 12.2 Å². The Morgan fingerprint density at radius 3 is 2.91 bits per heavy atom. The molecule has 0 aromatic carbocycles. The van der Waals surface area contributed by atoms with Gasteiger partial charge in [0, 0.05) is 6.07 Å². The van der Waals surface area contributed by atoms with Crippen molar-refractivity contribution in [3.8, 4) is 5.88 Å². The summed E-state index contributed by atoms with van der Waals surface area (Å²) < 4.78 is 4.87. The fraction of sp³-hybridized carbons (Fsp3) is 0.143. The van der Waals surface area contributed by atoms with Crippen molar-refractivity contribution in [2.24, 2.45) is 0 Å². The Morgan fingerprint density at radius 1 is 1.64 bits per heavy atom. The smallest absolute Gasteiger partial charge is 0.213 e. The molecule has 3 nitrogen and oxygen atoms in total. The van der Waals surface area contributed by atoms with Gasteiger partial charge < -0.3 is 10.1 Å². The van der Waals surface area contributed by atoms with Gasteiger partial charge in [0.25, 0.3) is 0 Å². The molecule has 0 aliphatic heterocycles. The molecule has 0 amide bonds. The van der Waals surface area contributed by atoms with Gasteiger partial charge >= 0.3 is 0 Å². The molecule has 1 N–H and O–H groups in total. The van der Waals surface area contributed by atoms with Crippen LogP contribution in [0.15, 0.2) is 18.3 Å². The van der Waals surface area contributed by atoms with Gasteiger partial charge in [-0.15, -0.1) is 0 Å². The average molecular weight is 168 g/mol. The van der Waals surface area contributed by atoms with Gasteiger partial charge in [0.05, 0.1) is 24.5 Å². The highest BCUT2D eigenvalue weighted by molar-refractivity contribution is 7.79. The Bertz CT molecular complexity index is 235. The van der Waals surface area contributed by atoms with Crippen molar-refractivity contribution >= 4 is 23.4 Å². The quantitative estimate of drug-likeness (QED) is 0.693. The third-order valence-corrected chi connectivity index (χ3v) is 1.29. The van der Waals surface area contributed by atoms with E-state index >= 15 is 0 Å². The van der Waals surface area contributed by atoms with Crippen LogP contribution in [-0.2, 0) is 0 Å². The summed E-state index contributed by atoms with van der Waals surface area (Å²) >= 11 is 4.60. The highest BCUT2D eigenvalue weighted by Gasteiger charge is 1.91. The number of anilines is 1. The zero-order valence-corrected chi connectivity index (χ0v) is 6.89. The fourth-order valence-electron chi connectivity index (χ4n) is 0.654. The second kappa shape index (κ2) is 3.88. The zero-order valence-electron chi connectivity index (χ0n) is 6.07. The summed E-state index contributed by atoms with van der Waals surface area (Å²) in [6, 6.07) is 3.61. The third-order valence-electron chi connectivity index (χ3n) is 1.17. The molecular weight excluding hydrogens is 160 g/mol. The van der Waals surface area contributed by atoms with E-state index in [0.717, 1.165) is 5.69 Å². The number of aromatic nitrogens is 1. The number of rotatable bonds is 3. The Balaban J connectivity index is 2.74. The summed E-state index contributed by atoms with van der Waals surface area (Å²) in [6.45, 7) is 0. The van der Waals surface area contributed by atoms with Gasteiger partial charge in [-0.1, -0.05) is 12.2 Å². The number of nitrogens with one attached hydrogen (secondary N) is 1. The highest BCUT2D eigenvalue weighted by Crippen LogP contribution is 2.09. The van der Waals surface area contributed by atoms with Crippen LogP contribution < -0.4 is 10.1 Å². The van der Waals surface area contributed by atoms with Crippen LogP contribution in [0.25, 0.3) is 0 Å². The van der Waals surface area contributed by atoms with E-state index in [1.807, 2.05) is 6.07 Å². The van der Waals surface area contributed by atoms with Crippen LogP contribution in [-0.4, -0.2) is 17.6 Å². The topological polar surface area (TPSA) is 34.1 Å². The van der Waals surface area contributed by atoms with Gasteiger partial charge in [0.15, 0.2) is 0 Å². The van der Waals surface area contributed by atoms with Gasteiger partial charge in [-0.3, -0.25) is 0 Å². The lowest BCUT2D eigenvalue weighted by Crippen LogP contribution is -1.93. The summed E-state index contributed by atoms with van der Waals surface area (Å²) in [6.07, 6.45) is 1.65. The third kappa shape index (κ3) is 2.16. The first-order chi connectivity index (χ1) is 5.36. The minimum absolute atomic E-state index is 0.597. The summed E-state index contributed by atoms with van der Waals surface area (Å²) in [5.74, 6) is 0.597. The van der Waals surface area contributed by atoms with Crippen molar-refractivity contribution in [3.63, 3.8) is 0 Å². The maximum Gasteiger partial charge on any atom is 0.213 e. The summed E-state index contributed by atoms with van der Waals surface area (Å²) in [5.41, 5.74) is 2.30. The van der Waals surface area contributed by atoms with E-state index in [4.69, 9.17) is 4.74 Å². The van der Waals surface area contributed by atoms with E-state index in [-0.39, 0.29) is 0 Å². The molecule has 0 saturated heterocycles. The number of thiocarbonyl (C=S) groups is 1. The van der Waals surface area contributed by atoms with Crippen molar-refractivity contribution < 1.29 is 4.74 Å². The molecule has 0 unspecified atom stereocenters. The maximum atomic E-state index is 4.87. The van der Waals surface area contributed by atoms with Crippen LogP contribution in [0.5, 0.6) is 5.88 Å². The van der Waals surface area contributed by atoms with Crippen LogP contribution in [0, 0.1) is 0 Å². The van der Waals surface area contributed by atoms with Gasteiger partial charge in [0.1, 0.15) is 0 Å². The summed E-state index contributed by atoms with van der Waals surface area (Å²) in [7, 11) is 1.58. The van der Waals surface area contributed by atoms with E-state index in [0.29, 0.717) is 5.88 Å². The predicted octanol–water partition coefficient (Wildman–Crippen LogP) is 1.46. The van der Waals surface area contributed by atoms with Gasteiger partial charge in [-0.05, 0) is 6.07 Å². The van der Waals surface area contributed by atoms with Gasteiger partial charge in [-0.2, -0.15) is 0 Å². The molecule has 58 valence electrons. The molecule has 0 saturated carbocycles. The van der Waals surface area contributed by atoms with E-state index in [9.17, 15) is 0 Å².